The van der Waals surface area contributed by atoms with Gasteiger partial charge in [-0.3, -0.25) is 0 Å². The Kier molecular flexibility index (Phi) is 4.15. The molecule has 1 heterocycles. The third-order valence-electron chi connectivity index (χ3n) is 3.19. The van der Waals surface area contributed by atoms with E-state index in [-0.39, 0.29) is 6.04 Å². The lowest BCUT2D eigenvalue weighted by Crippen LogP contribution is -2.08. The fourth-order valence-corrected chi connectivity index (χ4v) is 2.13. The average molecular weight is 243 g/mol. The van der Waals surface area contributed by atoms with Gasteiger partial charge in [-0.15, -0.1) is 0 Å². The molecule has 0 radical (unpaired) electrons. The molecule has 0 aliphatic heterocycles. The second kappa shape index (κ2) is 5.83. The normalized spacial score (nSPS) is 12.6. The third-order valence-corrected chi connectivity index (χ3v) is 3.19. The Labute approximate surface area is 109 Å². The van der Waals surface area contributed by atoms with Gasteiger partial charge in [0.15, 0.2) is 0 Å². The number of nitrogens with two attached hydrogens (primary N) is 1. The Hall–Kier alpha value is -1.61. The number of hydrogen-bond acceptors (Lipinski definition) is 2. The number of benzene rings is 1. The van der Waals surface area contributed by atoms with E-state index in [1.165, 1.54) is 5.56 Å². The lowest BCUT2D eigenvalue weighted by atomic mass is 10.0. The van der Waals surface area contributed by atoms with Gasteiger partial charge in [-0.25, -0.2) is 4.98 Å². The summed E-state index contributed by atoms with van der Waals surface area (Å²) < 4.78 is 2.19. The summed E-state index contributed by atoms with van der Waals surface area (Å²) in [4.78, 5) is 4.45. The van der Waals surface area contributed by atoms with Crippen LogP contribution in [0.15, 0.2) is 36.7 Å². The van der Waals surface area contributed by atoms with E-state index < -0.39 is 0 Å². The summed E-state index contributed by atoms with van der Waals surface area (Å²) in [7, 11) is 0. The van der Waals surface area contributed by atoms with Crippen molar-refractivity contribution >= 4 is 0 Å². The third kappa shape index (κ3) is 2.62. The van der Waals surface area contributed by atoms with Gasteiger partial charge in [0.1, 0.15) is 5.82 Å². The molecule has 2 aromatic rings. The lowest BCUT2D eigenvalue weighted by molar-refractivity contribution is 0.683. The molecule has 0 fully saturated rings. The standard InChI is InChI=1S/C15H21N3/c1-3-9-18-10-8-17-15(18)13-7-5-6-12(11-13)14(16)4-2/h5-8,10-11,14H,3-4,9,16H2,1-2H3. The number of aryl methyl sites for hydroxylation is 1. The fourth-order valence-electron chi connectivity index (χ4n) is 2.13. The maximum absolute atomic E-state index is 6.09. The van der Waals surface area contributed by atoms with Crippen LogP contribution in [-0.4, -0.2) is 9.55 Å². The predicted octanol–water partition coefficient (Wildman–Crippen LogP) is 3.37. The molecule has 0 saturated heterocycles. The van der Waals surface area contributed by atoms with Crippen molar-refractivity contribution in [3.8, 4) is 11.4 Å². The van der Waals surface area contributed by atoms with Crippen molar-refractivity contribution in [1.29, 1.82) is 0 Å². The molecule has 0 aliphatic rings. The molecule has 0 bridgehead atoms. The number of rotatable bonds is 5. The van der Waals surface area contributed by atoms with Gasteiger partial charge in [0.25, 0.3) is 0 Å². The van der Waals surface area contributed by atoms with Crippen LogP contribution >= 0.6 is 0 Å². The Bertz CT molecular complexity index is 502. The zero-order valence-corrected chi connectivity index (χ0v) is 11.1. The van der Waals surface area contributed by atoms with Crippen molar-refractivity contribution in [2.45, 2.75) is 39.3 Å². The first-order chi connectivity index (χ1) is 8.76. The van der Waals surface area contributed by atoms with Crippen molar-refractivity contribution in [3.63, 3.8) is 0 Å². The summed E-state index contributed by atoms with van der Waals surface area (Å²) in [6, 6.07) is 8.51. The molecule has 2 N–H and O–H groups in total. The molecule has 18 heavy (non-hydrogen) atoms. The van der Waals surface area contributed by atoms with Crippen molar-refractivity contribution in [1.82, 2.24) is 9.55 Å². The molecule has 2 rings (SSSR count). The summed E-state index contributed by atoms with van der Waals surface area (Å²) in [6.07, 6.45) is 5.95. The Morgan fingerprint density at radius 2 is 2.17 bits per heavy atom. The van der Waals surface area contributed by atoms with Crippen LogP contribution in [0.2, 0.25) is 0 Å². The van der Waals surface area contributed by atoms with E-state index in [9.17, 15) is 0 Å². The van der Waals surface area contributed by atoms with Crippen LogP contribution in [0.3, 0.4) is 0 Å². The van der Waals surface area contributed by atoms with E-state index in [4.69, 9.17) is 5.73 Å². The van der Waals surface area contributed by atoms with Gasteiger partial charge in [0.05, 0.1) is 0 Å². The maximum Gasteiger partial charge on any atom is 0.139 e. The molecule has 0 spiro atoms. The van der Waals surface area contributed by atoms with E-state index in [0.29, 0.717) is 0 Å². The summed E-state index contributed by atoms with van der Waals surface area (Å²) in [5.41, 5.74) is 8.42. The minimum atomic E-state index is 0.111. The average Bonchev–Trinajstić information content (AvgIpc) is 2.87. The van der Waals surface area contributed by atoms with Crippen molar-refractivity contribution < 1.29 is 0 Å². The minimum Gasteiger partial charge on any atom is -0.331 e. The number of aromatic nitrogens is 2. The van der Waals surface area contributed by atoms with Crippen molar-refractivity contribution in [3.05, 3.63) is 42.2 Å². The van der Waals surface area contributed by atoms with Crippen LogP contribution in [0.5, 0.6) is 0 Å². The van der Waals surface area contributed by atoms with Crippen molar-refractivity contribution in [2.24, 2.45) is 5.73 Å². The van der Waals surface area contributed by atoms with E-state index in [2.05, 4.69) is 47.7 Å². The second-order valence-electron chi connectivity index (χ2n) is 4.58. The molecule has 1 unspecified atom stereocenters. The topological polar surface area (TPSA) is 43.8 Å². The fraction of sp³-hybridized carbons (Fsp3) is 0.400. The SMILES string of the molecule is CCCn1ccnc1-c1cccc(C(N)CC)c1. The van der Waals surface area contributed by atoms with E-state index in [1.54, 1.807) is 0 Å². The monoisotopic (exact) mass is 243 g/mol. The second-order valence-corrected chi connectivity index (χ2v) is 4.58. The highest BCUT2D eigenvalue weighted by atomic mass is 15.1. The summed E-state index contributed by atoms with van der Waals surface area (Å²) in [5.74, 6) is 1.03. The first kappa shape index (κ1) is 12.8. The van der Waals surface area contributed by atoms with Gasteiger partial charge < -0.3 is 10.3 Å². The first-order valence-electron chi connectivity index (χ1n) is 6.63. The quantitative estimate of drug-likeness (QED) is 0.875. The Morgan fingerprint density at radius 3 is 2.89 bits per heavy atom. The molecule has 1 aromatic carbocycles. The molecule has 1 atom stereocenters. The summed E-state index contributed by atoms with van der Waals surface area (Å²) in [6.45, 7) is 5.28. The molecule has 0 aliphatic carbocycles. The zero-order valence-electron chi connectivity index (χ0n) is 11.1. The Morgan fingerprint density at radius 1 is 1.33 bits per heavy atom. The van der Waals surface area contributed by atoms with Crippen molar-refractivity contribution in [2.75, 3.05) is 0 Å². The first-order valence-corrected chi connectivity index (χ1v) is 6.63. The van der Waals surface area contributed by atoms with E-state index in [0.717, 1.165) is 30.8 Å². The highest BCUT2D eigenvalue weighted by Crippen LogP contribution is 2.22. The zero-order chi connectivity index (χ0) is 13.0. The van der Waals surface area contributed by atoms with Gasteiger partial charge in [-0.05, 0) is 24.5 Å². The van der Waals surface area contributed by atoms with Crippen LogP contribution in [0.25, 0.3) is 11.4 Å². The Balaban J connectivity index is 2.35. The molecule has 3 heteroatoms. The van der Waals surface area contributed by atoms with Crippen LogP contribution in [0.4, 0.5) is 0 Å². The molecule has 0 amide bonds. The van der Waals surface area contributed by atoms with Gasteiger partial charge in [0, 0.05) is 30.5 Å². The van der Waals surface area contributed by atoms with Gasteiger partial charge in [-0.1, -0.05) is 32.0 Å². The molecule has 3 nitrogen and oxygen atoms in total. The molecule has 0 saturated carbocycles. The smallest absolute Gasteiger partial charge is 0.139 e. The van der Waals surface area contributed by atoms with E-state index >= 15 is 0 Å². The predicted molar refractivity (Wildman–Crippen MR) is 75.2 cm³/mol. The molecule has 1 aromatic heterocycles. The van der Waals surface area contributed by atoms with Crippen LogP contribution in [0.1, 0.15) is 38.3 Å². The number of nitrogens with zero attached hydrogens (tertiary/aromatic N) is 2. The van der Waals surface area contributed by atoms with Crippen LogP contribution in [-0.2, 0) is 6.54 Å². The summed E-state index contributed by atoms with van der Waals surface area (Å²) >= 11 is 0. The number of hydrogen-bond donors (Lipinski definition) is 1. The minimum absolute atomic E-state index is 0.111. The molecule has 96 valence electrons. The highest BCUT2D eigenvalue weighted by Gasteiger charge is 2.08. The summed E-state index contributed by atoms with van der Waals surface area (Å²) in [5, 5.41) is 0. The highest BCUT2D eigenvalue weighted by molar-refractivity contribution is 5.57. The van der Waals surface area contributed by atoms with Gasteiger partial charge in [-0.2, -0.15) is 0 Å². The van der Waals surface area contributed by atoms with Crippen LogP contribution in [0, 0.1) is 0 Å². The lowest BCUT2D eigenvalue weighted by Gasteiger charge is -2.11. The van der Waals surface area contributed by atoms with Gasteiger partial charge >= 0.3 is 0 Å². The largest absolute Gasteiger partial charge is 0.331 e. The maximum atomic E-state index is 6.09. The number of imidazole rings is 1. The van der Waals surface area contributed by atoms with Gasteiger partial charge in [0.2, 0.25) is 0 Å². The van der Waals surface area contributed by atoms with E-state index in [1.807, 2.05) is 12.4 Å². The van der Waals surface area contributed by atoms with Crippen LogP contribution < -0.4 is 5.73 Å². The molecular weight excluding hydrogens is 222 g/mol. The molecular formula is C15H21N3.